The molecule has 1 aliphatic carbocycles. The monoisotopic (exact) mass is 515 g/mol. The fraction of sp³-hybridized carbons (Fsp3) is 0.375. The number of nitrogens with one attached hydrogen (secondary N) is 1. The van der Waals surface area contributed by atoms with Crippen LogP contribution in [-0.4, -0.2) is 36.9 Å². The first-order valence-electron chi connectivity index (χ1n) is 13.6. The maximum Gasteiger partial charge on any atom is 0.255 e. The molecule has 0 radical (unpaired) electrons. The average molecular weight is 516 g/mol. The second-order valence-corrected chi connectivity index (χ2v) is 10.3. The number of halogens is 1. The summed E-state index contributed by atoms with van der Waals surface area (Å²) in [6.07, 6.45) is 6.20. The lowest BCUT2D eigenvalue weighted by Gasteiger charge is -2.37. The van der Waals surface area contributed by atoms with Crippen LogP contribution in [0.4, 0.5) is 15.8 Å². The molecule has 0 aliphatic heterocycles. The van der Waals surface area contributed by atoms with Crippen LogP contribution < -0.4 is 10.2 Å². The molecule has 1 saturated carbocycles. The Morgan fingerprint density at radius 2 is 1.68 bits per heavy atom. The second kappa shape index (κ2) is 12.7. The number of hydrogen-bond acceptors (Lipinski definition) is 3. The second-order valence-electron chi connectivity index (χ2n) is 10.3. The lowest BCUT2D eigenvalue weighted by atomic mass is 9.90. The summed E-state index contributed by atoms with van der Waals surface area (Å²) in [5.74, 6) is -0.864. The normalized spacial score (nSPS) is 14.5. The molecule has 2 amide bonds. The zero-order valence-electron chi connectivity index (χ0n) is 22.6. The van der Waals surface area contributed by atoms with Crippen LogP contribution in [0.5, 0.6) is 0 Å². The van der Waals surface area contributed by atoms with Gasteiger partial charge in [-0.25, -0.2) is 4.39 Å². The molecule has 0 unspecified atom stereocenters. The van der Waals surface area contributed by atoms with Gasteiger partial charge in [0.15, 0.2) is 0 Å². The summed E-state index contributed by atoms with van der Waals surface area (Å²) in [7, 11) is 3.96. The summed E-state index contributed by atoms with van der Waals surface area (Å²) < 4.78 is 13.7. The van der Waals surface area contributed by atoms with Crippen LogP contribution >= 0.6 is 0 Å². The minimum absolute atomic E-state index is 0.157. The molecule has 1 atom stereocenters. The summed E-state index contributed by atoms with van der Waals surface area (Å²) in [6, 6.07) is 21.6. The summed E-state index contributed by atoms with van der Waals surface area (Å²) in [6.45, 7) is 2.53. The molecule has 38 heavy (non-hydrogen) atoms. The number of carbonyl (C=O) groups excluding carboxylic acids is 2. The Bertz CT molecular complexity index is 1240. The van der Waals surface area contributed by atoms with Crippen molar-refractivity contribution < 1.29 is 14.0 Å². The molecule has 0 aromatic heterocycles. The number of nitrogens with zero attached hydrogens (tertiary/aromatic N) is 2. The van der Waals surface area contributed by atoms with Gasteiger partial charge in [0.2, 0.25) is 5.91 Å². The minimum Gasteiger partial charge on any atom is -0.377 e. The van der Waals surface area contributed by atoms with Gasteiger partial charge in [0.25, 0.3) is 5.91 Å². The van der Waals surface area contributed by atoms with Crippen molar-refractivity contribution in [1.29, 1.82) is 0 Å². The highest BCUT2D eigenvalue weighted by Gasteiger charge is 2.31. The summed E-state index contributed by atoms with van der Waals surface area (Å²) >= 11 is 0. The van der Waals surface area contributed by atoms with Gasteiger partial charge >= 0.3 is 0 Å². The first kappa shape index (κ1) is 27.4. The molecule has 1 aliphatic rings. The highest BCUT2D eigenvalue weighted by molar-refractivity contribution is 6.04. The summed E-state index contributed by atoms with van der Waals surface area (Å²) in [5.41, 5.74) is 3.88. The number of amides is 2. The quantitative estimate of drug-likeness (QED) is 0.334. The fourth-order valence-electron chi connectivity index (χ4n) is 5.46. The number of carbonyl (C=O) groups is 2. The van der Waals surface area contributed by atoms with Crippen molar-refractivity contribution in [2.45, 2.75) is 64.0 Å². The Hall–Kier alpha value is -3.67. The van der Waals surface area contributed by atoms with Crippen LogP contribution in [0.1, 0.15) is 72.9 Å². The first-order valence-corrected chi connectivity index (χ1v) is 13.6. The Morgan fingerprint density at radius 3 is 2.34 bits per heavy atom. The molecule has 0 bridgehead atoms. The van der Waals surface area contributed by atoms with E-state index in [9.17, 15) is 14.0 Å². The van der Waals surface area contributed by atoms with Crippen LogP contribution in [0, 0.1) is 5.82 Å². The maximum absolute atomic E-state index is 14.1. The third kappa shape index (κ3) is 6.60. The minimum atomic E-state index is -0.452. The molecule has 0 saturated heterocycles. The maximum atomic E-state index is 14.1. The van der Waals surface area contributed by atoms with Gasteiger partial charge in [-0.15, -0.1) is 0 Å². The van der Waals surface area contributed by atoms with Gasteiger partial charge in [-0.1, -0.05) is 62.6 Å². The molecular formula is C32H38FN3O2. The molecule has 6 heteroatoms. The lowest BCUT2D eigenvalue weighted by Crippen LogP contribution is -2.43. The predicted octanol–water partition coefficient (Wildman–Crippen LogP) is 7.00. The molecule has 0 heterocycles. The third-order valence-corrected chi connectivity index (χ3v) is 7.45. The summed E-state index contributed by atoms with van der Waals surface area (Å²) in [4.78, 5) is 31.1. The highest BCUT2D eigenvalue weighted by atomic mass is 19.1. The van der Waals surface area contributed by atoms with E-state index in [0.29, 0.717) is 12.2 Å². The molecular weight excluding hydrogens is 477 g/mol. The predicted molar refractivity (Wildman–Crippen MR) is 152 cm³/mol. The number of hydrogen-bond donors (Lipinski definition) is 1. The van der Waals surface area contributed by atoms with E-state index in [0.717, 1.165) is 48.9 Å². The molecule has 0 spiro atoms. The van der Waals surface area contributed by atoms with Crippen molar-refractivity contribution in [1.82, 2.24) is 4.90 Å². The van der Waals surface area contributed by atoms with E-state index in [2.05, 4.69) is 17.1 Å². The van der Waals surface area contributed by atoms with E-state index in [1.807, 2.05) is 67.5 Å². The standard InChI is InChI=1S/C32H38FN3O2/c1-4-29(23-12-7-5-8-13-23)32(38)36(28-16-9-6-10-17-28)22-25-21-27(18-19-30(25)35(2)3)34-31(37)24-14-11-15-26(33)20-24/h5,7-8,11-15,18-21,28-29H,4,6,9-10,16-17,22H2,1-3H3,(H,34,37)/t29-/m1/s1. The van der Waals surface area contributed by atoms with Crippen molar-refractivity contribution in [3.8, 4) is 0 Å². The van der Waals surface area contributed by atoms with Crippen molar-refractivity contribution in [2.75, 3.05) is 24.3 Å². The fourth-order valence-corrected chi connectivity index (χ4v) is 5.46. The number of benzene rings is 3. The van der Waals surface area contributed by atoms with Crippen LogP contribution in [0.3, 0.4) is 0 Å². The van der Waals surface area contributed by atoms with E-state index in [1.165, 1.54) is 24.6 Å². The number of anilines is 2. The zero-order valence-corrected chi connectivity index (χ0v) is 22.6. The SMILES string of the molecule is CC[C@@H](C(=O)N(Cc1cc(NC(=O)c2cccc(F)c2)ccc1N(C)C)C1CCCCC1)c1ccccc1. The van der Waals surface area contributed by atoms with Crippen molar-refractivity contribution in [2.24, 2.45) is 0 Å². The Kier molecular flexibility index (Phi) is 9.16. The Labute approximate surface area is 225 Å². The Morgan fingerprint density at radius 1 is 0.947 bits per heavy atom. The lowest BCUT2D eigenvalue weighted by molar-refractivity contribution is -0.136. The van der Waals surface area contributed by atoms with Gasteiger partial charge in [0.1, 0.15) is 5.82 Å². The highest BCUT2D eigenvalue weighted by Crippen LogP contribution is 2.32. The zero-order chi connectivity index (χ0) is 27.1. The molecule has 3 aromatic rings. The van der Waals surface area contributed by atoms with Gasteiger partial charge in [-0.3, -0.25) is 9.59 Å². The van der Waals surface area contributed by atoms with E-state index >= 15 is 0 Å². The van der Waals surface area contributed by atoms with Gasteiger partial charge < -0.3 is 15.1 Å². The average Bonchev–Trinajstić information content (AvgIpc) is 2.93. The van der Waals surface area contributed by atoms with E-state index in [1.54, 1.807) is 6.07 Å². The third-order valence-electron chi connectivity index (χ3n) is 7.45. The topological polar surface area (TPSA) is 52.7 Å². The molecule has 4 rings (SSSR count). The van der Waals surface area contributed by atoms with Crippen LogP contribution in [0.25, 0.3) is 0 Å². The van der Waals surface area contributed by atoms with Gasteiger partial charge in [-0.05, 0) is 66.8 Å². The molecule has 200 valence electrons. The first-order chi connectivity index (χ1) is 18.4. The smallest absolute Gasteiger partial charge is 0.255 e. The molecule has 3 aromatic carbocycles. The van der Waals surface area contributed by atoms with E-state index < -0.39 is 5.82 Å². The molecule has 5 nitrogen and oxygen atoms in total. The van der Waals surface area contributed by atoms with Gasteiger partial charge in [0, 0.05) is 43.6 Å². The van der Waals surface area contributed by atoms with E-state index in [-0.39, 0.29) is 29.3 Å². The van der Waals surface area contributed by atoms with Crippen LogP contribution in [-0.2, 0) is 11.3 Å². The van der Waals surface area contributed by atoms with Crippen molar-refractivity contribution in [3.05, 3.63) is 95.3 Å². The van der Waals surface area contributed by atoms with Gasteiger partial charge in [-0.2, -0.15) is 0 Å². The number of rotatable bonds is 9. The Balaban J connectivity index is 1.65. The van der Waals surface area contributed by atoms with Crippen LogP contribution in [0.2, 0.25) is 0 Å². The molecule has 1 N–H and O–H groups in total. The van der Waals surface area contributed by atoms with Gasteiger partial charge in [0.05, 0.1) is 5.92 Å². The van der Waals surface area contributed by atoms with E-state index in [4.69, 9.17) is 0 Å². The van der Waals surface area contributed by atoms with Crippen LogP contribution in [0.15, 0.2) is 72.8 Å². The molecule has 1 fully saturated rings. The largest absolute Gasteiger partial charge is 0.377 e. The van der Waals surface area contributed by atoms with Crippen molar-refractivity contribution in [3.63, 3.8) is 0 Å². The summed E-state index contributed by atoms with van der Waals surface area (Å²) in [5, 5.41) is 2.91. The van der Waals surface area contributed by atoms with Crippen molar-refractivity contribution >= 4 is 23.2 Å².